The molecule has 0 spiro atoms. The Morgan fingerprint density at radius 1 is 1.15 bits per heavy atom. The van der Waals surface area contributed by atoms with Crippen molar-refractivity contribution in [1.82, 2.24) is 50.8 Å². The monoisotopic (exact) mass is 527 g/mol. The normalized spacial score (nSPS) is 14.4. The highest BCUT2D eigenvalue weighted by atomic mass is 19.1. The lowest BCUT2D eigenvalue weighted by atomic mass is 10.0. The SMILES string of the molecule is Cc1cc(CNC(=O)c2cc(C(=O)N[C@H]3CCc4cc(-c5nn[nH]n5)ccc43)n3nc(N)nc3n2)ccc1F. The fraction of sp³-hybridized carbons (Fsp3) is 0.200. The molecule has 2 aromatic carbocycles. The second-order valence-corrected chi connectivity index (χ2v) is 9.19. The van der Waals surface area contributed by atoms with Crippen molar-refractivity contribution in [2.45, 2.75) is 32.4 Å². The van der Waals surface area contributed by atoms with Crippen LogP contribution in [0.5, 0.6) is 0 Å². The number of tetrazole rings is 1. The van der Waals surface area contributed by atoms with Crippen LogP contribution in [0.3, 0.4) is 0 Å². The van der Waals surface area contributed by atoms with Crippen molar-refractivity contribution in [3.63, 3.8) is 0 Å². The standard InChI is InChI=1S/C25H22FN11O2/c1-12-8-13(2-6-17(12)26)11-28-22(38)19-10-20(37-25(30-19)31-24(27)34-37)23(39)29-18-7-4-14-9-15(3-5-16(14)18)21-32-35-36-33-21/h2-3,5-6,8-10,18H,4,7,11H2,1H3,(H2,27,34)(H,28,38)(H,29,39)(H,32,33,35,36)/t18-/m0/s1. The quantitative estimate of drug-likeness (QED) is 0.255. The van der Waals surface area contributed by atoms with Gasteiger partial charge >= 0.3 is 0 Å². The molecule has 0 fully saturated rings. The third-order valence-electron chi connectivity index (χ3n) is 6.60. The van der Waals surface area contributed by atoms with Crippen LogP contribution in [0.15, 0.2) is 42.5 Å². The number of nitrogens with two attached hydrogens (primary N) is 1. The topological polar surface area (TPSA) is 182 Å². The van der Waals surface area contributed by atoms with E-state index in [4.69, 9.17) is 5.73 Å². The molecule has 0 unspecified atom stereocenters. The summed E-state index contributed by atoms with van der Waals surface area (Å²) in [4.78, 5) is 34.7. The molecule has 0 saturated heterocycles. The van der Waals surface area contributed by atoms with Gasteiger partial charge in [-0.25, -0.2) is 9.37 Å². The van der Waals surface area contributed by atoms with Crippen molar-refractivity contribution in [2.75, 3.05) is 5.73 Å². The Bertz CT molecular complexity index is 1730. The lowest BCUT2D eigenvalue weighted by molar-refractivity contribution is 0.0929. The third kappa shape index (κ3) is 4.63. The zero-order chi connectivity index (χ0) is 27.1. The molecule has 2 amide bonds. The van der Waals surface area contributed by atoms with Crippen LogP contribution < -0.4 is 16.4 Å². The van der Waals surface area contributed by atoms with Gasteiger partial charge in [-0.2, -0.15) is 14.7 Å². The molecule has 1 aliphatic rings. The van der Waals surface area contributed by atoms with Crippen LogP contribution in [0.2, 0.25) is 0 Å². The van der Waals surface area contributed by atoms with Crippen LogP contribution in [-0.4, -0.2) is 52.0 Å². The summed E-state index contributed by atoms with van der Waals surface area (Å²) < 4.78 is 14.8. The number of aryl methyl sites for hydroxylation is 2. The number of nitrogen functional groups attached to an aromatic ring is 1. The zero-order valence-electron chi connectivity index (χ0n) is 20.6. The van der Waals surface area contributed by atoms with E-state index in [1.807, 2.05) is 18.2 Å². The van der Waals surface area contributed by atoms with Crippen molar-refractivity contribution >= 4 is 23.5 Å². The summed E-state index contributed by atoms with van der Waals surface area (Å²) in [6, 6.07) is 11.5. The number of nitrogens with one attached hydrogen (secondary N) is 3. The van der Waals surface area contributed by atoms with E-state index < -0.39 is 11.8 Å². The number of anilines is 1. The van der Waals surface area contributed by atoms with Gasteiger partial charge in [0.25, 0.3) is 17.6 Å². The Labute approximate surface area is 220 Å². The fourth-order valence-electron chi connectivity index (χ4n) is 4.67. The number of benzene rings is 2. The number of H-pyrrole nitrogens is 1. The summed E-state index contributed by atoms with van der Waals surface area (Å²) in [6.07, 6.45) is 1.44. The first kappa shape index (κ1) is 24.1. The van der Waals surface area contributed by atoms with Crippen LogP contribution in [0.4, 0.5) is 10.3 Å². The largest absolute Gasteiger partial charge is 0.366 e. The van der Waals surface area contributed by atoms with Gasteiger partial charge in [-0.15, -0.1) is 15.3 Å². The van der Waals surface area contributed by atoms with E-state index in [9.17, 15) is 14.0 Å². The molecule has 6 rings (SSSR count). The molecule has 0 aliphatic heterocycles. The Morgan fingerprint density at radius 2 is 2.03 bits per heavy atom. The van der Waals surface area contributed by atoms with E-state index in [0.717, 1.165) is 28.7 Å². The van der Waals surface area contributed by atoms with Crippen LogP contribution in [-0.2, 0) is 13.0 Å². The van der Waals surface area contributed by atoms with Gasteiger partial charge in [-0.3, -0.25) is 9.59 Å². The van der Waals surface area contributed by atoms with Crippen molar-refractivity contribution in [2.24, 2.45) is 0 Å². The number of hydrogen-bond donors (Lipinski definition) is 4. The summed E-state index contributed by atoms with van der Waals surface area (Å²) in [6.45, 7) is 1.79. The van der Waals surface area contributed by atoms with Crippen LogP contribution in [0.25, 0.3) is 17.2 Å². The minimum absolute atomic E-state index is 0.0134. The number of carbonyl (C=O) groups is 2. The molecular formula is C25H22FN11O2. The number of rotatable bonds is 6. The molecule has 0 saturated carbocycles. The smallest absolute Gasteiger partial charge is 0.270 e. The van der Waals surface area contributed by atoms with Gasteiger partial charge in [-0.1, -0.05) is 24.3 Å². The molecule has 13 nitrogen and oxygen atoms in total. The molecule has 14 heteroatoms. The van der Waals surface area contributed by atoms with Crippen molar-refractivity contribution in [3.8, 4) is 11.4 Å². The average molecular weight is 528 g/mol. The van der Waals surface area contributed by atoms with Gasteiger partial charge < -0.3 is 16.4 Å². The first-order chi connectivity index (χ1) is 18.9. The molecule has 3 heterocycles. The maximum atomic E-state index is 13.6. The van der Waals surface area contributed by atoms with Gasteiger partial charge in [0, 0.05) is 18.2 Å². The fourth-order valence-corrected chi connectivity index (χ4v) is 4.67. The van der Waals surface area contributed by atoms with E-state index in [-0.39, 0.29) is 41.5 Å². The van der Waals surface area contributed by atoms with Crippen molar-refractivity contribution in [3.05, 3.63) is 81.9 Å². The average Bonchev–Trinajstić information content (AvgIpc) is 3.68. The molecule has 39 heavy (non-hydrogen) atoms. The van der Waals surface area contributed by atoms with Gasteiger partial charge in [0.2, 0.25) is 11.8 Å². The van der Waals surface area contributed by atoms with E-state index in [0.29, 0.717) is 17.8 Å². The lowest BCUT2D eigenvalue weighted by Gasteiger charge is -2.15. The van der Waals surface area contributed by atoms with Gasteiger partial charge in [-0.05, 0) is 59.4 Å². The third-order valence-corrected chi connectivity index (χ3v) is 6.60. The zero-order valence-corrected chi connectivity index (χ0v) is 20.6. The first-order valence-corrected chi connectivity index (χ1v) is 12.1. The minimum Gasteiger partial charge on any atom is -0.366 e. The molecule has 1 aliphatic carbocycles. The van der Waals surface area contributed by atoms with Gasteiger partial charge in [0.15, 0.2) is 0 Å². The van der Waals surface area contributed by atoms with Crippen LogP contribution >= 0.6 is 0 Å². The molecule has 0 radical (unpaired) electrons. The number of aromatic amines is 1. The van der Waals surface area contributed by atoms with Gasteiger partial charge in [0.1, 0.15) is 17.2 Å². The summed E-state index contributed by atoms with van der Waals surface area (Å²) in [5, 5.41) is 23.9. The molecular weight excluding hydrogens is 505 g/mol. The first-order valence-electron chi connectivity index (χ1n) is 12.1. The Morgan fingerprint density at radius 3 is 2.82 bits per heavy atom. The maximum absolute atomic E-state index is 13.6. The van der Waals surface area contributed by atoms with E-state index in [1.54, 1.807) is 19.1 Å². The maximum Gasteiger partial charge on any atom is 0.270 e. The van der Waals surface area contributed by atoms with E-state index >= 15 is 0 Å². The molecule has 5 aromatic rings. The molecule has 196 valence electrons. The van der Waals surface area contributed by atoms with Crippen LogP contribution in [0, 0.1) is 12.7 Å². The number of hydrogen-bond acceptors (Lipinski definition) is 9. The van der Waals surface area contributed by atoms with E-state index in [1.165, 1.54) is 16.6 Å². The predicted octanol–water partition coefficient (Wildman–Crippen LogP) is 1.68. The second-order valence-electron chi connectivity index (χ2n) is 9.19. The Kier molecular flexibility index (Phi) is 5.90. The number of carbonyl (C=O) groups excluding carboxylic acids is 2. The number of amides is 2. The van der Waals surface area contributed by atoms with Gasteiger partial charge in [0.05, 0.1) is 6.04 Å². The summed E-state index contributed by atoms with van der Waals surface area (Å²) in [5.41, 5.74) is 9.86. The molecule has 1 atom stereocenters. The highest BCUT2D eigenvalue weighted by Crippen LogP contribution is 2.33. The van der Waals surface area contributed by atoms with E-state index in [2.05, 4.69) is 46.3 Å². The number of aromatic nitrogens is 8. The molecule has 0 bridgehead atoms. The highest BCUT2D eigenvalue weighted by molar-refractivity contribution is 5.98. The summed E-state index contributed by atoms with van der Waals surface area (Å²) in [5.74, 6) is -0.898. The van der Waals surface area contributed by atoms with Crippen molar-refractivity contribution < 1.29 is 14.0 Å². The molecule has 5 N–H and O–H groups in total. The Hall–Kier alpha value is -5.27. The lowest BCUT2D eigenvalue weighted by Crippen LogP contribution is -2.30. The number of fused-ring (bicyclic) bond motifs is 2. The highest BCUT2D eigenvalue weighted by Gasteiger charge is 2.27. The second kappa shape index (κ2) is 9.55. The molecule has 3 aromatic heterocycles. The number of nitrogens with zero attached hydrogens (tertiary/aromatic N) is 7. The number of halogens is 1. The summed E-state index contributed by atoms with van der Waals surface area (Å²) in [7, 11) is 0. The minimum atomic E-state index is -0.532. The summed E-state index contributed by atoms with van der Waals surface area (Å²) >= 11 is 0. The Balaban J connectivity index is 1.23. The van der Waals surface area contributed by atoms with Crippen LogP contribution in [0.1, 0.15) is 55.7 Å². The predicted molar refractivity (Wildman–Crippen MR) is 136 cm³/mol. The van der Waals surface area contributed by atoms with Crippen molar-refractivity contribution in [1.29, 1.82) is 0 Å².